The van der Waals surface area contributed by atoms with Crippen LogP contribution in [0.3, 0.4) is 0 Å². The molecule has 1 aliphatic heterocycles. The monoisotopic (exact) mass is 823 g/mol. The fourth-order valence-corrected chi connectivity index (χ4v) is 7.34. The molecule has 0 saturated carbocycles. The first-order valence-corrected chi connectivity index (χ1v) is 20.5. The number of phenols is 1. The van der Waals surface area contributed by atoms with Crippen LogP contribution >= 0.6 is 0 Å². The lowest BCUT2D eigenvalue weighted by Gasteiger charge is -2.31. The topological polar surface area (TPSA) is 113 Å². The Morgan fingerprint density at radius 2 is 1.40 bits per heavy atom. The van der Waals surface area contributed by atoms with Crippen molar-refractivity contribution in [3.05, 3.63) is 196 Å². The quantitative estimate of drug-likeness (QED) is 0.0597. The van der Waals surface area contributed by atoms with Crippen molar-refractivity contribution in [1.82, 2.24) is 4.90 Å². The van der Waals surface area contributed by atoms with Crippen molar-refractivity contribution >= 4 is 23.2 Å². The second-order valence-corrected chi connectivity index (χ2v) is 15.1. The summed E-state index contributed by atoms with van der Waals surface area (Å²) in [5.41, 5.74) is 6.86. The van der Waals surface area contributed by atoms with Crippen molar-refractivity contribution in [2.75, 3.05) is 33.5 Å². The van der Waals surface area contributed by atoms with Crippen LogP contribution in [0.1, 0.15) is 42.9 Å². The van der Waals surface area contributed by atoms with E-state index < -0.39 is 11.4 Å². The average molecular weight is 824 g/mol. The van der Waals surface area contributed by atoms with E-state index in [1.54, 1.807) is 18.2 Å². The molecule has 0 aromatic heterocycles. The van der Waals surface area contributed by atoms with Gasteiger partial charge in [-0.25, -0.2) is 9.64 Å². The molecule has 1 N–H and O–H groups in total. The minimum Gasteiger partial charge on any atom is -0.508 e. The first-order valence-electron chi connectivity index (χ1n) is 20.5. The third-order valence-corrected chi connectivity index (χ3v) is 10.9. The van der Waals surface area contributed by atoms with Gasteiger partial charge in [0.2, 0.25) is 0 Å². The summed E-state index contributed by atoms with van der Waals surface area (Å²) < 4.78 is 16.4. The van der Waals surface area contributed by atoms with Crippen LogP contribution in [-0.4, -0.2) is 55.4 Å². The molecule has 9 heteroatoms. The molecule has 0 aliphatic carbocycles. The molecule has 1 unspecified atom stereocenters. The molecular weight excluding hydrogens is 775 g/mol. The van der Waals surface area contributed by atoms with Crippen LogP contribution in [-0.2, 0) is 29.2 Å². The molecule has 0 saturated heterocycles. The summed E-state index contributed by atoms with van der Waals surface area (Å²) in [5, 5.41) is 21.0. The summed E-state index contributed by atoms with van der Waals surface area (Å²) in [7, 11) is 1.25. The molecule has 5 aromatic carbocycles. The highest BCUT2D eigenvalue weighted by atomic mass is 16.5. The zero-order chi connectivity index (χ0) is 43.9. The van der Waals surface area contributed by atoms with Crippen molar-refractivity contribution in [3.63, 3.8) is 0 Å². The number of nitrogens with zero attached hydrogens (tertiary/aromatic N) is 3. The summed E-state index contributed by atoms with van der Waals surface area (Å²) in [5.74, 6) is -0.799. The number of esters is 2. The van der Waals surface area contributed by atoms with Crippen molar-refractivity contribution in [2.24, 2.45) is 0 Å². The maximum Gasteiger partial charge on any atom is 0.349 e. The van der Waals surface area contributed by atoms with Crippen LogP contribution in [0.15, 0.2) is 158 Å². The molecule has 1 heterocycles. The van der Waals surface area contributed by atoms with Crippen molar-refractivity contribution in [3.8, 4) is 34.1 Å². The van der Waals surface area contributed by atoms with Crippen molar-refractivity contribution < 1.29 is 28.9 Å². The Hall–Kier alpha value is -7.46. The minimum atomic E-state index is -0.738. The van der Waals surface area contributed by atoms with E-state index in [4.69, 9.17) is 20.8 Å². The number of hydrogen-bond donors (Lipinski definition) is 1. The van der Waals surface area contributed by atoms with Gasteiger partial charge in [-0.1, -0.05) is 116 Å². The number of phenolic OH excluding ortho intramolecular Hbond substituents is 1. The molecule has 0 amide bonds. The maximum absolute atomic E-state index is 12.8. The van der Waals surface area contributed by atoms with Gasteiger partial charge in [-0.3, -0.25) is 4.79 Å². The third kappa shape index (κ3) is 11.0. The van der Waals surface area contributed by atoms with E-state index in [-0.39, 0.29) is 30.3 Å². The molecule has 1 aliphatic rings. The molecule has 0 spiro atoms. The van der Waals surface area contributed by atoms with Gasteiger partial charge in [0.05, 0.1) is 26.9 Å². The van der Waals surface area contributed by atoms with E-state index in [0.29, 0.717) is 59.9 Å². The minimum absolute atomic E-state index is 0.125. The summed E-state index contributed by atoms with van der Waals surface area (Å²) in [4.78, 5) is 31.6. The Balaban J connectivity index is 1.07. The predicted octanol–water partition coefficient (Wildman–Crippen LogP) is 8.92. The molecule has 0 fully saturated rings. The smallest absolute Gasteiger partial charge is 0.349 e. The van der Waals surface area contributed by atoms with Crippen molar-refractivity contribution in [1.29, 1.82) is 5.26 Å². The molecule has 1 atom stereocenters. The van der Waals surface area contributed by atoms with E-state index in [1.165, 1.54) is 7.11 Å². The molecule has 62 heavy (non-hydrogen) atoms. The zero-order valence-electron chi connectivity index (χ0n) is 35.2. The highest BCUT2D eigenvalue weighted by molar-refractivity contribution is 6.16. The lowest BCUT2D eigenvalue weighted by molar-refractivity contribution is -0.144. The van der Waals surface area contributed by atoms with E-state index in [9.17, 15) is 20.0 Å². The van der Waals surface area contributed by atoms with Gasteiger partial charge in [-0.2, -0.15) is 5.26 Å². The van der Waals surface area contributed by atoms with Crippen LogP contribution in [0, 0.1) is 24.8 Å². The summed E-state index contributed by atoms with van der Waals surface area (Å²) in [6, 6.07) is 40.2. The molecule has 0 radical (unpaired) electrons. The SMILES string of the molecule is [C-]#[N+]C(C=C1C=CN(CCOCCCOC(=O)CCC(C)(c2ccc(C)cc2)c2ccc(O)cc2)C=C1)=c1cc(-c2ccccc2)c(=C(C#N)C(=O)OC)cc1-c1ccccc1. The number of methoxy groups -OCH3 is 1. The number of nitriles is 1. The van der Waals surface area contributed by atoms with Gasteiger partial charge < -0.3 is 24.2 Å². The first-order chi connectivity index (χ1) is 30.1. The summed E-state index contributed by atoms with van der Waals surface area (Å²) >= 11 is 0. The molecule has 312 valence electrons. The Bertz CT molecular complexity index is 2610. The Kier molecular flexibility index (Phi) is 15.1. The van der Waals surface area contributed by atoms with E-state index in [0.717, 1.165) is 33.4 Å². The maximum atomic E-state index is 12.8. The van der Waals surface area contributed by atoms with Crippen LogP contribution in [0.2, 0.25) is 0 Å². The van der Waals surface area contributed by atoms with Crippen LogP contribution in [0.25, 0.3) is 38.4 Å². The van der Waals surface area contributed by atoms with Gasteiger partial charge in [0.25, 0.3) is 0 Å². The van der Waals surface area contributed by atoms with Gasteiger partial charge >= 0.3 is 11.9 Å². The number of benzene rings is 5. The van der Waals surface area contributed by atoms with E-state index in [1.807, 2.05) is 127 Å². The fraction of sp³-hybridized carbons (Fsp3) is 0.208. The fourth-order valence-electron chi connectivity index (χ4n) is 7.34. The summed E-state index contributed by atoms with van der Waals surface area (Å²) in [6.07, 6.45) is 10.9. The van der Waals surface area contributed by atoms with Gasteiger partial charge in [0.15, 0.2) is 5.70 Å². The van der Waals surface area contributed by atoms with Gasteiger partial charge in [0, 0.05) is 49.0 Å². The lowest BCUT2D eigenvalue weighted by Crippen LogP contribution is -2.25. The van der Waals surface area contributed by atoms with Gasteiger partial charge in [-0.15, -0.1) is 0 Å². The van der Waals surface area contributed by atoms with Gasteiger partial charge in [-0.05, 0) is 93.9 Å². The molecule has 6 rings (SSSR count). The number of allylic oxidation sites excluding steroid dienone is 3. The Labute approximate surface area is 363 Å². The normalized spacial score (nSPS) is 13.9. The molecule has 0 bridgehead atoms. The molecule has 9 nitrogen and oxygen atoms in total. The number of rotatable bonds is 16. The highest BCUT2D eigenvalue weighted by Crippen LogP contribution is 2.37. The number of aromatic hydroxyl groups is 1. The number of carbonyl (C=O) groups is 2. The highest BCUT2D eigenvalue weighted by Gasteiger charge is 2.30. The Morgan fingerprint density at radius 3 is 1.98 bits per heavy atom. The van der Waals surface area contributed by atoms with E-state index in [2.05, 4.69) is 36.0 Å². The predicted molar refractivity (Wildman–Crippen MR) is 242 cm³/mol. The van der Waals surface area contributed by atoms with E-state index >= 15 is 0 Å². The molecular formula is C53H49N3O6. The van der Waals surface area contributed by atoms with Crippen LogP contribution in [0.4, 0.5) is 0 Å². The average Bonchev–Trinajstić information content (AvgIpc) is 3.31. The zero-order valence-corrected chi connectivity index (χ0v) is 35.2. The second kappa shape index (κ2) is 21.2. The Morgan fingerprint density at radius 1 is 0.823 bits per heavy atom. The van der Waals surface area contributed by atoms with Crippen LogP contribution in [0.5, 0.6) is 5.75 Å². The van der Waals surface area contributed by atoms with Gasteiger partial charge in [0.1, 0.15) is 17.4 Å². The van der Waals surface area contributed by atoms with Crippen LogP contribution < -0.4 is 10.4 Å². The third-order valence-electron chi connectivity index (χ3n) is 10.9. The first kappa shape index (κ1) is 44.1. The lowest BCUT2D eigenvalue weighted by atomic mass is 9.73. The molecule has 5 aromatic rings. The number of ether oxygens (including phenoxy) is 3. The number of aryl methyl sites for hydroxylation is 1. The standard InChI is InChI=1S/C53H49N3O6/c1-38-16-18-42(19-17-38)53(2,43-20-22-44(57)23-21-43)27-24-51(58)62-32-11-31-61-33-30-56-28-25-39(26-29-56)34-50(55-3)48-36-45(40-12-7-5-8-13-40)47(49(37-54)52(59)60-4)35-46(48)41-14-9-6-10-15-41/h5-10,12-23,25-26,28-29,34-36,57H,11,24,27,30-33H2,1-2,4H3. The number of hydrogen-bond acceptors (Lipinski definition) is 8. The second-order valence-electron chi connectivity index (χ2n) is 15.1. The van der Waals surface area contributed by atoms with Crippen molar-refractivity contribution in [2.45, 2.75) is 38.5 Å². The summed E-state index contributed by atoms with van der Waals surface area (Å²) in [6.45, 7) is 14.2. The number of carbonyl (C=O) groups excluding carboxylic acids is 2. The largest absolute Gasteiger partial charge is 0.508 e.